The van der Waals surface area contributed by atoms with Gasteiger partial charge in [0.2, 0.25) is 5.91 Å². The molecule has 2 saturated heterocycles. The van der Waals surface area contributed by atoms with Crippen LogP contribution >= 0.6 is 11.3 Å². The van der Waals surface area contributed by atoms with Crippen LogP contribution in [0.1, 0.15) is 35.6 Å². The highest BCUT2D eigenvalue weighted by Crippen LogP contribution is 2.45. The van der Waals surface area contributed by atoms with E-state index in [0.29, 0.717) is 0 Å². The van der Waals surface area contributed by atoms with Gasteiger partial charge in [0.15, 0.2) is 0 Å². The van der Waals surface area contributed by atoms with E-state index in [1.54, 1.807) is 0 Å². The molecule has 3 nitrogen and oxygen atoms in total. The number of hydrogen-bond acceptors (Lipinski definition) is 3. The number of hydrogen-bond donors (Lipinski definition) is 0. The summed E-state index contributed by atoms with van der Waals surface area (Å²) < 4.78 is 0. The largest absolute Gasteiger partial charge is 0.345 e. The van der Waals surface area contributed by atoms with E-state index in [1.807, 2.05) is 41.5 Å². The van der Waals surface area contributed by atoms with Gasteiger partial charge in [0.1, 0.15) is 0 Å². The van der Waals surface area contributed by atoms with Crippen molar-refractivity contribution < 1.29 is 4.79 Å². The van der Waals surface area contributed by atoms with Crippen LogP contribution in [0, 0.1) is 5.41 Å². The Morgan fingerprint density at radius 2 is 1.88 bits per heavy atom. The normalized spacial score (nSPS) is 24.0. The molecule has 132 valence electrons. The minimum atomic E-state index is 0.0313. The van der Waals surface area contributed by atoms with Gasteiger partial charge in [-0.1, -0.05) is 36.4 Å². The topological polar surface area (TPSA) is 23.6 Å². The Balaban J connectivity index is 1.46. The molecule has 0 N–H and O–H groups in total. The molecule has 0 unspecified atom stereocenters. The van der Waals surface area contributed by atoms with Gasteiger partial charge in [0, 0.05) is 25.0 Å². The van der Waals surface area contributed by atoms with Gasteiger partial charge in [-0.2, -0.15) is 0 Å². The summed E-state index contributed by atoms with van der Waals surface area (Å²) in [5, 5.41) is 2.16. The number of likely N-dealkylation sites (N-methyl/N-ethyl adjacent to an activating group) is 1. The van der Waals surface area contributed by atoms with Crippen LogP contribution in [0.15, 0.2) is 47.8 Å². The quantitative estimate of drug-likeness (QED) is 0.832. The van der Waals surface area contributed by atoms with Crippen LogP contribution in [-0.4, -0.2) is 42.4 Å². The molecule has 0 bridgehead atoms. The minimum absolute atomic E-state index is 0.0313. The summed E-state index contributed by atoms with van der Waals surface area (Å²) in [4.78, 5) is 18.8. The van der Waals surface area contributed by atoms with E-state index in [0.717, 1.165) is 32.6 Å². The Hall–Kier alpha value is -1.65. The standard InChI is InChI=1S/C21H26N2OS/c1-22-16-21(14-19(20(22)24)17-6-3-2-4-7-17)9-11-23(12-10-21)15-18-8-5-13-25-18/h2-8,13,19H,9-12,14-16H2,1H3/t19-/m0/s1. The molecule has 4 heteroatoms. The van der Waals surface area contributed by atoms with Gasteiger partial charge in [-0.05, 0) is 54.8 Å². The van der Waals surface area contributed by atoms with Crippen molar-refractivity contribution in [2.75, 3.05) is 26.7 Å². The second-order valence-electron chi connectivity index (χ2n) is 7.72. The summed E-state index contributed by atoms with van der Waals surface area (Å²) in [7, 11) is 1.98. The number of carbonyl (C=O) groups excluding carboxylic acids is 1. The number of thiophene rings is 1. The molecule has 1 spiro atoms. The van der Waals surface area contributed by atoms with Gasteiger partial charge >= 0.3 is 0 Å². The second kappa shape index (κ2) is 6.93. The average molecular weight is 355 g/mol. The molecule has 1 aromatic carbocycles. The molecular weight excluding hydrogens is 328 g/mol. The average Bonchev–Trinajstić information content (AvgIpc) is 3.14. The lowest BCUT2D eigenvalue weighted by Crippen LogP contribution is -2.52. The maximum absolute atomic E-state index is 12.7. The number of likely N-dealkylation sites (tertiary alicyclic amines) is 2. The number of carbonyl (C=O) groups is 1. The third-order valence-electron chi connectivity index (χ3n) is 5.96. The van der Waals surface area contributed by atoms with E-state index in [2.05, 4.69) is 34.5 Å². The van der Waals surface area contributed by atoms with Crippen molar-refractivity contribution in [3.8, 4) is 0 Å². The summed E-state index contributed by atoms with van der Waals surface area (Å²) in [5.41, 5.74) is 1.47. The summed E-state index contributed by atoms with van der Waals surface area (Å²) in [6, 6.07) is 14.7. The monoisotopic (exact) mass is 354 g/mol. The Kier molecular flexibility index (Phi) is 4.65. The first kappa shape index (κ1) is 16.8. The summed E-state index contributed by atoms with van der Waals surface area (Å²) in [5.74, 6) is 0.321. The molecule has 0 radical (unpaired) electrons. The minimum Gasteiger partial charge on any atom is -0.345 e. The highest BCUT2D eigenvalue weighted by atomic mass is 32.1. The van der Waals surface area contributed by atoms with Crippen molar-refractivity contribution in [3.05, 3.63) is 58.3 Å². The fourth-order valence-corrected chi connectivity index (χ4v) is 5.29. The van der Waals surface area contributed by atoms with Gasteiger partial charge in [-0.15, -0.1) is 11.3 Å². The summed E-state index contributed by atoms with van der Waals surface area (Å²) in [6.07, 6.45) is 3.39. The van der Waals surface area contributed by atoms with E-state index < -0.39 is 0 Å². The molecule has 2 fully saturated rings. The molecule has 2 aliphatic rings. The van der Waals surface area contributed by atoms with E-state index in [1.165, 1.54) is 23.3 Å². The first-order valence-corrected chi connectivity index (χ1v) is 10.1. The SMILES string of the molecule is CN1CC2(CCN(Cc3cccs3)CC2)C[C@@H](c2ccccc2)C1=O. The van der Waals surface area contributed by atoms with Gasteiger partial charge in [0.05, 0.1) is 5.92 Å². The molecular formula is C21H26N2OS. The Bertz CT molecular complexity index is 705. The Morgan fingerprint density at radius 1 is 1.12 bits per heavy atom. The third kappa shape index (κ3) is 3.51. The molecule has 0 aliphatic carbocycles. The first-order valence-electron chi connectivity index (χ1n) is 9.20. The first-order chi connectivity index (χ1) is 12.2. The highest BCUT2D eigenvalue weighted by molar-refractivity contribution is 7.09. The number of amides is 1. The van der Waals surface area contributed by atoms with Crippen LogP contribution in [-0.2, 0) is 11.3 Å². The molecule has 2 aliphatic heterocycles. The van der Waals surface area contributed by atoms with Crippen LogP contribution in [0.5, 0.6) is 0 Å². The van der Waals surface area contributed by atoms with Gasteiger partial charge in [-0.3, -0.25) is 9.69 Å². The van der Waals surface area contributed by atoms with Crippen LogP contribution in [0.25, 0.3) is 0 Å². The molecule has 1 aromatic heterocycles. The van der Waals surface area contributed by atoms with Crippen molar-refractivity contribution in [2.24, 2.45) is 5.41 Å². The maximum Gasteiger partial charge on any atom is 0.229 e. The smallest absolute Gasteiger partial charge is 0.229 e. The fraction of sp³-hybridized carbons (Fsp3) is 0.476. The van der Waals surface area contributed by atoms with E-state index >= 15 is 0 Å². The van der Waals surface area contributed by atoms with Gasteiger partial charge in [0.25, 0.3) is 0 Å². The number of piperidine rings is 2. The third-order valence-corrected chi connectivity index (χ3v) is 6.82. The van der Waals surface area contributed by atoms with Gasteiger partial charge < -0.3 is 4.90 Å². The van der Waals surface area contributed by atoms with Crippen molar-refractivity contribution in [3.63, 3.8) is 0 Å². The van der Waals surface area contributed by atoms with E-state index in [9.17, 15) is 4.79 Å². The number of rotatable bonds is 3. The van der Waals surface area contributed by atoms with Crippen LogP contribution in [0.3, 0.4) is 0 Å². The predicted octanol–water partition coefficient (Wildman–Crippen LogP) is 3.98. The zero-order valence-corrected chi connectivity index (χ0v) is 15.7. The van der Waals surface area contributed by atoms with Crippen LogP contribution in [0.4, 0.5) is 0 Å². The fourth-order valence-electron chi connectivity index (χ4n) is 4.55. The van der Waals surface area contributed by atoms with Crippen LogP contribution < -0.4 is 0 Å². The zero-order chi connectivity index (χ0) is 17.3. The molecule has 1 atom stereocenters. The maximum atomic E-state index is 12.7. The lowest BCUT2D eigenvalue weighted by molar-refractivity contribution is -0.139. The molecule has 4 rings (SSSR count). The lowest BCUT2D eigenvalue weighted by atomic mass is 9.68. The molecule has 3 heterocycles. The molecule has 0 saturated carbocycles. The van der Waals surface area contributed by atoms with Gasteiger partial charge in [-0.25, -0.2) is 0 Å². The zero-order valence-electron chi connectivity index (χ0n) is 14.9. The van der Waals surface area contributed by atoms with Crippen molar-refractivity contribution in [1.82, 2.24) is 9.80 Å². The van der Waals surface area contributed by atoms with Crippen LogP contribution in [0.2, 0.25) is 0 Å². The summed E-state index contributed by atoms with van der Waals surface area (Å²) in [6.45, 7) is 4.27. The molecule has 2 aromatic rings. The lowest BCUT2D eigenvalue weighted by Gasteiger charge is -2.49. The van der Waals surface area contributed by atoms with E-state index in [4.69, 9.17) is 0 Å². The highest BCUT2D eigenvalue weighted by Gasteiger charge is 2.44. The Labute approximate surface area is 154 Å². The van der Waals surface area contributed by atoms with Crippen molar-refractivity contribution in [1.29, 1.82) is 0 Å². The Morgan fingerprint density at radius 3 is 2.56 bits per heavy atom. The van der Waals surface area contributed by atoms with E-state index in [-0.39, 0.29) is 17.2 Å². The summed E-state index contributed by atoms with van der Waals surface area (Å²) >= 11 is 1.85. The van der Waals surface area contributed by atoms with Crippen molar-refractivity contribution in [2.45, 2.75) is 31.7 Å². The molecule has 1 amide bonds. The number of benzene rings is 1. The predicted molar refractivity (Wildman–Crippen MR) is 103 cm³/mol. The second-order valence-corrected chi connectivity index (χ2v) is 8.75. The van der Waals surface area contributed by atoms with Crippen molar-refractivity contribution >= 4 is 17.2 Å². The molecule has 25 heavy (non-hydrogen) atoms. The number of nitrogens with zero attached hydrogens (tertiary/aromatic N) is 2.